The minimum Gasteiger partial charge on any atom is -0.387 e. The van der Waals surface area contributed by atoms with Gasteiger partial charge in [0.15, 0.2) is 0 Å². The highest BCUT2D eigenvalue weighted by Gasteiger charge is 2.30. The van der Waals surface area contributed by atoms with Crippen LogP contribution >= 0.6 is 0 Å². The minimum absolute atomic E-state index is 0.215. The molecule has 0 saturated carbocycles. The molecular weight excluding hydrogens is 303 g/mol. The lowest BCUT2D eigenvalue weighted by atomic mass is 10.1. The lowest BCUT2D eigenvalue weighted by Crippen LogP contribution is -2.37. The maximum atomic E-state index is 12.4. The number of halogens is 3. The Hall–Kier alpha value is -0.920. The average Bonchev–Trinajstić information content (AvgIpc) is 2.45. The summed E-state index contributed by atoms with van der Waals surface area (Å²) in [6, 6.07) is 4.76. The Morgan fingerprint density at radius 1 is 1.24 bits per heavy atom. The van der Waals surface area contributed by atoms with E-state index in [2.05, 4.69) is 5.32 Å². The van der Waals surface area contributed by atoms with E-state index in [9.17, 15) is 22.5 Å². The quantitative estimate of drug-likeness (QED) is 0.894. The van der Waals surface area contributed by atoms with Gasteiger partial charge in [0.2, 0.25) is 0 Å². The molecule has 1 heterocycles. The van der Waals surface area contributed by atoms with Crippen molar-refractivity contribution in [3.05, 3.63) is 35.4 Å². The van der Waals surface area contributed by atoms with Gasteiger partial charge in [0.1, 0.15) is 0 Å². The summed E-state index contributed by atoms with van der Waals surface area (Å²) in [5.74, 6) is 1.32. The van der Waals surface area contributed by atoms with Gasteiger partial charge in [-0.3, -0.25) is 4.21 Å². The van der Waals surface area contributed by atoms with Crippen molar-refractivity contribution in [3.63, 3.8) is 0 Å². The molecule has 7 heteroatoms. The van der Waals surface area contributed by atoms with Crippen molar-refractivity contribution in [1.82, 2.24) is 5.32 Å². The molecule has 0 amide bonds. The van der Waals surface area contributed by atoms with Crippen LogP contribution in [0.15, 0.2) is 24.3 Å². The predicted molar refractivity (Wildman–Crippen MR) is 75.3 cm³/mol. The van der Waals surface area contributed by atoms with Crippen molar-refractivity contribution in [2.24, 2.45) is 0 Å². The van der Waals surface area contributed by atoms with Crippen molar-refractivity contribution >= 4 is 10.8 Å². The molecule has 0 aliphatic carbocycles. The molecule has 21 heavy (non-hydrogen) atoms. The molecule has 1 aliphatic rings. The van der Waals surface area contributed by atoms with Gasteiger partial charge in [0.05, 0.1) is 11.7 Å². The highest BCUT2D eigenvalue weighted by Crippen LogP contribution is 2.29. The molecule has 1 atom stereocenters. The first kappa shape index (κ1) is 16.5. The van der Waals surface area contributed by atoms with Crippen molar-refractivity contribution in [2.75, 3.05) is 18.1 Å². The third-order valence-electron chi connectivity index (χ3n) is 3.61. The van der Waals surface area contributed by atoms with Crippen LogP contribution in [-0.4, -0.2) is 33.4 Å². The van der Waals surface area contributed by atoms with Crippen LogP contribution in [0.4, 0.5) is 13.2 Å². The van der Waals surface area contributed by atoms with E-state index in [1.54, 1.807) is 0 Å². The van der Waals surface area contributed by atoms with Gasteiger partial charge >= 0.3 is 6.18 Å². The second kappa shape index (κ2) is 6.89. The van der Waals surface area contributed by atoms with Gasteiger partial charge in [-0.25, -0.2) is 0 Å². The largest absolute Gasteiger partial charge is 0.416 e. The molecule has 1 unspecified atom stereocenters. The summed E-state index contributed by atoms with van der Waals surface area (Å²) < 4.78 is 48.6. The zero-order valence-electron chi connectivity index (χ0n) is 11.4. The van der Waals surface area contributed by atoms with Gasteiger partial charge < -0.3 is 10.4 Å². The molecule has 2 rings (SSSR count). The highest BCUT2D eigenvalue weighted by atomic mass is 32.2. The van der Waals surface area contributed by atoms with E-state index in [0.717, 1.165) is 25.0 Å². The lowest BCUT2D eigenvalue weighted by Gasteiger charge is -2.24. The predicted octanol–water partition coefficient (Wildman–Crippen LogP) is 2.24. The summed E-state index contributed by atoms with van der Waals surface area (Å²) in [6.45, 7) is 0.280. The van der Waals surface area contributed by atoms with E-state index in [0.29, 0.717) is 17.1 Å². The summed E-state index contributed by atoms with van der Waals surface area (Å²) in [4.78, 5) is 0. The van der Waals surface area contributed by atoms with Crippen molar-refractivity contribution < 1.29 is 22.5 Å². The van der Waals surface area contributed by atoms with Gasteiger partial charge in [-0.2, -0.15) is 13.2 Å². The Labute approximate surface area is 124 Å². The molecule has 0 radical (unpaired) electrons. The van der Waals surface area contributed by atoms with Crippen LogP contribution < -0.4 is 5.32 Å². The fraction of sp³-hybridized carbons (Fsp3) is 0.571. The molecule has 0 spiro atoms. The Morgan fingerprint density at radius 2 is 1.81 bits per heavy atom. The van der Waals surface area contributed by atoms with E-state index >= 15 is 0 Å². The number of rotatable bonds is 4. The lowest BCUT2D eigenvalue weighted by molar-refractivity contribution is -0.137. The zero-order valence-corrected chi connectivity index (χ0v) is 12.2. The molecule has 118 valence electrons. The monoisotopic (exact) mass is 321 g/mol. The number of hydrogen-bond acceptors (Lipinski definition) is 3. The molecule has 1 fully saturated rings. The van der Waals surface area contributed by atoms with Crippen LogP contribution in [0.1, 0.15) is 30.1 Å². The minimum atomic E-state index is -4.36. The fourth-order valence-corrected chi connectivity index (χ4v) is 3.59. The number of hydrogen-bond donors (Lipinski definition) is 2. The van der Waals surface area contributed by atoms with Gasteiger partial charge in [-0.1, -0.05) is 12.1 Å². The Bertz CT molecular complexity index is 480. The number of alkyl halides is 3. The van der Waals surface area contributed by atoms with E-state index in [4.69, 9.17) is 0 Å². The summed E-state index contributed by atoms with van der Waals surface area (Å²) in [5, 5.41) is 13.2. The molecule has 0 aromatic heterocycles. The van der Waals surface area contributed by atoms with Crippen molar-refractivity contribution in [2.45, 2.75) is 31.2 Å². The van der Waals surface area contributed by atoms with Gasteiger partial charge in [-0.15, -0.1) is 0 Å². The van der Waals surface area contributed by atoms with Crippen LogP contribution in [0.25, 0.3) is 0 Å². The van der Waals surface area contributed by atoms with E-state index < -0.39 is 28.6 Å². The smallest absolute Gasteiger partial charge is 0.387 e. The third kappa shape index (κ3) is 4.79. The van der Waals surface area contributed by atoms with E-state index in [1.807, 2.05) is 0 Å². The van der Waals surface area contributed by atoms with Gasteiger partial charge in [-0.05, 0) is 30.5 Å². The SMILES string of the molecule is O=S1CCC(NCC(O)c2ccc(C(F)(F)F)cc2)CC1. The zero-order chi connectivity index (χ0) is 15.5. The molecule has 0 bridgehead atoms. The van der Waals surface area contributed by atoms with Crippen LogP contribution in [0.2, 0.25) is 0 Å². The normalized spacial score (nSPS) is 24.8. The Balaban J connectivity index is 1.85. The first-order chi connectivity index (χ1) is 9.86. The maximum absolute atomic E-state index is 12.4. The van der Waals surface area contributed by atoms with Crippen LogP contribution in [0.5, 0.6) is 0 Å². The number of aliphatic hydroxyl groups excluding tert-OH is 1. The maximum Gasteiger partial charge on any atom is 0.416 e. The van der Waals surface area contributed by atoms with Crippen molar-refractivity contribution in [1.29, 1.82) is 0 Å². The number of aliphatic hydroxyl groups is 1. The van der Waals surface area contributed by atoms with Gasteiger partial charge in [0.25, 0.3) is 0 Å². The molecular formula is C14H18F3NO2S. The summed E-state index contributed by atoms with van der Waals surface area (Å²) in [7, 11) is -0.731. The average molecular weight is 321 g/mol. The molecule has 1 aliphatic heterocycles. The summed E-state index contributed by atoms with van der Waals surface area (Å²) in [6.07, 6.45) is -3.61. The standard InChI is InChI=1S/C14H18F3NO2S/c15-14(16,17)11-3-1-10(2-4-11)13(19)9-18-12-5-7-21(20)8-6-12/h1-4,12-13,18-19H,5-9H2. The van der Waals surface area contributed by atoms with Crippen molar-refractivity contribution in [3.8, 4) is 0 Å². The van der Waals surface area contributed by atoms with E-state index in [-0.39, 0.29) is 12.6 Å². The molecule has 3 nitrogen and oxygen atoms in total. The summed E-state index contributed by atoms with van der Waals surface area (Å²) >= 11 is 0. The second-order valence-electron chi connectivity index (χ2n) is 5.17. The van der Waals surface area contributed by atoms with Crippen LogP contribution in [-0.2, 0) is 17.0 Å². The number of benzene rings is 1. The Morgan fingerprint density at radius 3 is 2.33 bits per heavy atom. The van der Waals surface area contributed by atoms with E-state index in [1.165, 1.54) is 12.1 Å². The van der Waals surface area contributed by atoms with Crippen LogP contribution in [0.3, 0.4) is 0 Å². The summed E-state index contributed by atoms with van der Waals surface area (Å²) in [5.41, 5.74) is -0.268. The topological polar surface area (TPSA) is 49.3 Å². The second-order valence-corrected chi connectivity index (χ2v) is 6.86. The first-order valence-electron chi connectivity index (χ1n) is 6.80. The third-order valence-corrected chi connectivity index (χ3v) is 4.99. The molecule has 1 aromatic rings. The molecule has 1 saturated heterocycles. The van der Waals surface area contributed by atoms with Gasteiger partial charge in [0, 0.05) is 34.9 Å². The molecule has 1 aromatic carbocycles. The molecule has 2 N–H and O–H groups in total. The van der Waals surface area contributed by atoms with Crippen LogP contribution in [0, 0.1) is 0 Å². The fourth-order valence-electron chi connectivity index (χ4n) is 2.29. The first-order valence-corrected chi connectivity index (χ1v) is 8.28. The highest BCUT2D eigenvalue weighted by molar-refractivity contribution is 7.85. The Kier molecular flexibility index (Phi) is 5.40. The number of nitrogens with one attached hydrogen (secondary N) is 1.